The largest absolute Gasteiger partial charge is 0.494 e. The van der Waals surface area contributed by atoms with Gasteiger partial charge in [-0.15, -0.1) is 5.06 Å². The molecule has 0 bridgehead atoms. The Hall–Kier alpha value is -2.28. The van der Waals surface area contributed by atoms with Crippen molar-refractivity contribution in [3.05, 3.63) is 24.3 Å². The standard InChI is InChI=1S/C20H27BN2O8S/c1-19(2)20(3,4)31-21(30-19)14-7-9-15(10-8-14)32(27,28)22-13-5-6-18(26)29-23-16(24)11-12-17(23)25/h7-10,22H,5-6,11-13H2,1-4H3. The van der Waals surface area contributed by atoms with Crippen molar-refractivity contribution < 1.29 is 36.9 Å². The first-order valence-corrected chi connectivity index (χ1v) is 11.8. The van der Waals surface area contributed by atoms with Crippen LogP contribution in [-0.2, 0) is 38.6 Å². The second kappa shape index (κ2) is 8.93. The maximum Gasteiger partial charge on any atom is 0.494 e. The lowest BCUT2D eigenvalue weighted by Crippen LogP contribution is -2.41. The molecule has 2 amide bonds. The van der Waals surface area contributed by atoms with E-state index in [1.165, 1.54) is 12.1 Å². The first-order valence-electron chi connectivity index (χ1n) is 10.3. The van der Waals surface area contributed by atoms with Gasteiger partial charge in [0.1, 0.15) is 0 Å². The summed E-state index contributed by atoms with van der Waals surface area (Å²) in [4.78, 5) is 39.4. The molecule has 0 aromatic heterocycles. The average molecular weight is 466 g/mol. The van der Waals surface area contributed by atoms with E-state index >= 15 is 0 Å². The fourth-order valence-electron chi connectivity index (χ4n) is 3.11. The van der Waals surface area contributed by atoms with E-state index in [1.807, 2.05) is 27.7 Å². The highest BCUT2D eigenvalue weighted by Crippen LogP contribution is 2.36. The molecule has 10 nitrogen and oxygen atoms in total. The normalized spacial score (nSPS) is 20.1. The lowest BCUT2D eigenvalue weighted by molar-refractivity contribution is -0.197. The zero-order valence-corrected chi connectivity index (χ0v) is 19.4. The van der Waals surface area contributed by atoms with Crippen molar-refractivity contribution in [2.75, 3.05) is 6.54 Å². The van der Waals surface area contributed by atoms with Crippen LogP contribution in [0.4, 0.5) is 0 Å². The van der Waals surface area contributed by atoms with Gasteiger partial charge in [-0.1, -0.05) is 12.1 Å². The quantitative estimate of drug-likeness (QED) is 0.336. The number of amides is 2. The van der Waals surface area contributed by atoms with Crippen LogP contribution in [0, 0.1) is 0 Å². The zero-order valence-electron chi connectivity index (χ0n) is 18.5. The van der Waals surface area contributed by atoms with Crippen molar-refractivity contribution in [2.24, 2.45) is 0 Å². The van der Waals surface area contributed by atoms with Crippen molar-refractivity contribution in [1.82, 2.24) is 9.79 Å². The molecule has 0 saturated carbocycles. The molecule has 2 aliphatic heterocycles. The predicted octanol–water partition coefficient (Wildman–Crippen LogP) is 0.652. The maximum atomic E-state index is 12.5. The zero-order chi connectivity index (χ0) is 23.7. The van der Waals surface area contributed by atoms with Crippen molar-refractivity contribution in [1.29, 1.82) is 0 Å². The monoisotopic (exact) mass is 466 g/mol. The topological polar surface area (TPSA) is 128 Å². The number of nitrogens with zero attached hydrogens (tertiary/aromatic N) is 1. The van der Waals surface area contributed by atoms with Crippen LogP contribution in [0.15, 0.2) is 29.2 Å². The highest BCUT2D eigenvalue weighted by atomic mass is 32.2. The van der Waals surface area contributed by atoms with Gasteiger partial charge in [0.15, 0.2) is 0 Å². The Balaban J connectivity index is 1.49. The highest BCUT2D eigenvalue weighted by Gasteiger charge is 2.51. The molecule has 2 aliphatic rings. The second-order valence-electron chi connectivity index (χ2n) is 8.70. The van der Waals surface area contributed by atoms with Gasteiger partial charge in [-0.3, -0.25) is 9.59 Å². The van der Waals surface area contributed by atoms with Crippen LogP contribution < -0.4 is 10.2 Å². The summed E-state index contributed by atoms with van der Waals surface area (Å²) in [6.07, 6.45) is 0.0131. The van der Waals surface area contributed by atoms with Crippen molar-refractivity contribution in [3.8, 4) is 0 Å². The summed E-state index contributed by atoms with van der Waals surface area (Å²) < 4.78 is 39.3. The Morgan fingerprint density at radius 2 is 1.59 bits per heavy atom. The van der Waals surface area contributed by atoms with Crippen LogP contribution in [0.2, 0.25) is 0 Å². The molecule has 32 heavy (non-hydrogen) atoms. The molecular weight excluding hydrogens is 439 g/mol. The number of carbonyl (C=O) groups excluding carboxylic acids is 3. The maximum absolute atomic E-state index is 12.5. The molecule has 2 fully saturated rings. The predicted molar refractivity (Wildman–Crippen MR) is 114 cm³/mol. The Labute approximate surface area is 187 Å². The fourth-order valence-corrected chi connectivity index (χ4v) is 4.19. The van der Waals surface area contributed by atoms with Crippen molar-refractivity contribution in [2.45, 2.75) is 69.5 Å². The molecule has 1 aromatic rings. The van der Waals surface area contributed by atoms with Crippen LogP contribution in [0.1, 0.15) is 53.4 Å². The van der Waals surface area contributed by atoms with E-state index in [0.29, 0.717) is 10.5 Å². The third-order valence-corrected chi connectivity index (χ3v) is 7.24. The number of rotatable bonds is 8. The molecule has 0 radical (unpaired) electrons. The van der Waals surface area contributed by atoms with Crippen LogP contribution >= 0.6 is 0 Å². The van der Waals surface area contributed by atoms with Crippen LogP contribution in [0.3, 0.4) is 0 Å². The van der Waals surface area contributed by atoms with E-state index in [-0.39, 0.29) is 37.1 Å². The Morgan fingerprint density at radius 1 is 1.06 bits per heavy atom. The number of hydrogen-bond acceptors (Lipinski definition) is 8. The summed E-state index contributed by atoms with van der Waals surface area (Å²) in [5.74, 6) is -1.90. The molecule has 0 aliphatic carbocycles. The smallest absolute Gasteiger partial charge is 0.399 e. The van der Waals surface area contributed by atoms with Crippen LogP contribution in [-0.4, -0.2) is 56.1 Å². The molecule has 1 aromatic carbocycles. The van der Waals surface area contributed by atoms with E-state index in [0.717, 1.165) is 0 Å². The Morgan fingerprint density at radius 3 is 2.12 bits per heavy atom. The van der Waals surface area contributed by atoms with Crippen molar-refractivity contribution >= 4 is 40.4 Å². The van der Waals surface area contributed by atoms with Crippen molar-refractivity contribution in [3.63, 3.8) is 0 Å². The number of nitrogens with one attached hydrogen (secondary N) is 1. The molecule has 0 atom stereocenters. The van der Waals surface area contributed by atoms with Gasteiger partial charge in [0, 0.05) is 25.8 Å². The number of hydrogen-bond donors (Lipinski definition) is 1. The van der Waals surface area contributed by atoms with Crippen LogP contribution in [0.25, 0.3) is 0 Å². The summed E-state index contributed by atoms with van der Waals surface area (Å²) in [5, 5.41) is 0.466. The summed E-state index contributed by atoms with van der Waals surface area (Å²) in [7, 11) is -4.38. The number of imide groups is 1. The number of hydroxylamine groups is 2. The molecule has 2 saturated heterocycles. The minimum absolute atomic E-state index is 0.0131. The van der Waals surface area contributed by atoms with Gasteiger partial charge in [-0.05, 0) is 51.7 Å². The molecule has 0 spiro atoms. The average Bonchev–Trinajstić information content (AvgIpc) is 3.14. The van der Waals surface area contributed by atoms with Gasteiger partial charge in [0.05, 0.1) is 16.1 Å². The van der Waals surface area contributed by atoms with E-state index < -0.39 is 46.1 Å². The first kappa shape index (κ1) is 24.4. The third-order valence-electron chi connectivity index (χ3n) is 5.76. The molecule has 2 heterocycles. The minimum Gasteiger partial charge on any atom is -0.399 e. The Bertz CT molecular complexity index is 975. The van der Waals surface area contributed by atoms with Crippen LogP contribution in [0.5, 0.6) is 0 Å². The first-order chi connectivity index (χ1) is 14.8. The molecule has 12 heteroatoms. The van der Waals surface area contributed by atoms with E-state index in [4.69, 9.17) is 14.1 Å². The van der Waals surface area contributed by atoms with Gasteiger partial charge in [-0.2, -0.15) is 0 Å². The number of carbonyl (C=O) groups is 3. The second-order valence-corrected chi connectivity index (χ2v) is 10.5. The lowest BCUT2D eigenvalue weighted by atomic mass is 9.79. The SMILES string of the molecule is CC1(C)OB(c2ccc(S(=O)(=O)NCCCC(=O)ON3C(=O)CCC3=O)cc2)OC1(C)C. The molecule has 0 unspecified atom stereocenters. The molecule has 3 rings (SSSR count). The molecular formula is C20H27BN2O8S. The minimum atomic E-state index is -3.79. The molecule has 174 valence electrons. The van der Waals surface area contributed by atoms with E-state index in [1.54, 1.807) is 12.1 Å². The summed E-state index contributed by atoms with van der Waals surface area (Å²) in [6.45, 7) is 7.73. The number of benzene rings is 1. The Kier molecular flexibility index (Phi) is 6.80. The number of sulfonamides is 1. The van der Waals surface area contributed by atoms with Gasteiger partial charge < -0.3 is 14.1 Å². The fraction of sp³-hybridized carbons (Fsp3) is 0.550. The molecule has 1 N–H and O–H groups in total. The third kappa shape index (κ3) is 5.20. The summed E-state index contributed by atoms with van der Waals surface area (Å²) in [5.41, 5.74) is -0.294. The van der Waals surface area contributed by atoms with Gasteiger partial charge >= 0.3 is 13.1 Å². The highest BCUT2D eigenvalue weighted by molar-refractivity contribution is 7.89. The van der Waals surface area contributed by atoms with E-state index in [2.05, 4.69) is 4.72 Å². The van der Waals surface area contributed by atoms with Gasteiger partial charge in [-0.25, -0.2) is 17.9 Å². The summed E-state index contributed by atoms with van der Waals surface area (Å²) in [6, 6.07) is 6.19. The summed E-state index contributed by atoms with van der Waals surface area (Å²) >= 11 is 0. The van der Waals surface area contributed by atoms with E-state index in [9.17, 15) is 22.8 Å². The van der Waals surface area contributed by atoms with Gasteiger partial charge in [0.2, 0.25) is 10.0 Å². The lowest BCUT2D eigenvalue weighted by Gasteiger charge is -2.32. The van der Waals surface area contributed by atoms with Gasteiger partial charge in [0.25, 0.3) is 11.8 Å².